The summed E-state index contributed by atoms with van der Waals surface area (Å²) in [6.07, 6.45) is 2.41. The second-order valence-corrected chi connectivity index (χ2v) is 4.94. The highest BCUT2D eigenvalue weighted by molar-refractivity contribution is 6.14. The van der Waals surface area contributed by atoms with Gasteiger partial charge < -0.3 is 9.84 Å². The van der Waals surface area contributed by atoms with Crippen LogP contribution in [-0.4, -0.2) is 37.6 Å². The van der Waals surface area contributed by atoms with Crippen molar-refractivity contribution in [3.8, 4) is 0 Å². The lowest BCUT2D eigenvalue weighted by atomic mass is 10.2. The van der Waals surface area contributed by atoms with Gasteiger partial charge in [-0.3, -0.25) is 0 Å². The van der Waals surface area contributed by atoms with Crippen LogP contribution in [0.25, 0.3) is 5.57 Å². The van der Waals surface area contributed by atoms with Gasteiger partial charge in [-0.2, -0.15) is 0 Å². The molecular formula is C12H18N4O4. The number of aromatic nitrogens is 3. The number of rotatable bonds is 4. The number of aliphatic carboxylic acids is 1. The van der Waals surface area contributed by atoms with Gasteiger partial charge in [0.1, 0.15) is 17.5 Å². The molecule has 1 amide bonds. The molecule has 0 radical (unpaired) electrons. The van der Waals surface area contributed by atoms with E-state index in [1.807, 2.05) is 0 Å². The number of hydrogen-bond donors (Lipinski definition) is 2. The maximum atomic E-state index is 11.6. The van der Waals surface area contributed by atoms with Crippen LogP contribution in [0.15, 0.2) is 12.4 Å². The number of carboxylic acid groups (broad SMARTS) is 1. The van der Waals surface area contributed by atoms with Gasteiger partial charge in [0.25, 0.3) is 0 Å². The molecule has 0 aliphatic carbocycles. The first kappa shape index (κ1) is 15.7. The summed E-state index contributed by atoms with van der Waals surface area (Å²) in [7, 11) is 0. The molecule has 0 fully saturated rings. The van der Waals surface area contributed by atoms with Crippen molar-refractivity contribution >= 4 is 17.6 Å². The normalized spacial score (nSPS) is 12.1. The van der Waals surface area contributed by atoms with Gasteiger partial charge in [-0.05, 0) is 27.2 Å². The number of carboxylic acids is 1. The van der Waals surface area contributed by atoms with Gasteiger partial charge in [0, 0.05) is 0 Å². The van der Waals surface area contributed by atoms with Crippen LogP contribution in [-0.2, 0) is 9.53 Å². The van der Waals surface area contributed by atoms with E-state index in [0.29, 0.717) is 6.42 Å². The van der Waals surface area contributed by atoms with Gasteiger partial charge in [0.05, 0.1) is 0 Å². The molecule has 8 heteroatoms. The molecule has 0 unspecified atom stereocenters. The Morgan fingerprint density at radius 1 is 1.50 bits per heavy atom. The summed E-state index contributed by atoms with van der Waals surface area (Å²) in [5, 5.41) is 12.9. The predicted octanol–water partition coefficient (Wildman–Crippen LogP) is 1.63. The zero-order valence-electron chi connectivity index (χ0n) is 11.9. The average Bonchev–Trinajstić information content (AvgIpc) is 2.70. The Labute approximate surface area is 116 Å². The highest BCUT2D eigenvalue weighted by atomic mass is 16.6. The molecule has 2 N–H and O–H groups in total. The summed E-state index contributed by atoms with van der Waals surface area (Å²) in [4.78, 5) is 27.6. The first-order chi connectivity index (χ1) is 9.24. The van der Waals surface area contributed by atoms with E-state index in [4.69, 9.17) is 9.84 Å². The number of carbonyl (C=O) groups excluding carboxylic acids is 1. The fourth-order valence-corrected chi connectivity index (χ4v) is 1.37. The van der Waals surface area contributed by atoms with E-state index >= 15 is 0 Å². The number of nitrogens with one attached hydrogen (secondary N) is 1. The van der Waals surface area contributed by atoms with Crippen molar-refractivity contribution in [2.24, 2.45) is 0 Å². The third-order valence-corrected chi connectivity index (χ3v) is 2.02. The zero-order chi connectivity index (χ0) is 15.3. The summed E-state index contributed by atoms with van der Waals surface area (Å²) >= 11 is 0. The Morgan fingerprint density at radius 2 is 2.15 bits per heavy atom. The third-order valence-electron chi connectivity index (χ3n) is 2.02. The first-order valence-corrected chi connectivity index (χ1v) is 6.08. The molecule has 20 heavy (non-hydrogen) atoms. The SMILES string of the molecule is CC/C=C(/C(=O)O)c1ncnn1NC(=O)OC(C)(C)C. The molecule has 1 aromatic heterocycles. The van der Waals surface area contributed by atoms with Gasteiger partial charge in [-0.15, -0.1) is 9.89 Å². The third kappa shape index (κ3) is 4.38. The van der Waals surface area contributed by atoms with Crippen molar-refractivity contribution in [3.05, 3.63) is 18.2 Å². The first-order valence-electron chi connectivity index (χ1n) is 6.08. The van der Waals surface area contributed by atoms with E-state index in [1.165, 1.54) is 6.08 Å². The van der Waals surface area contributed by atoms with E-state index in [-0.39, 0.29) is 11.4 Å². The summed E-state index contributed by atoms with van der Waals surface area (Å²) in [5.41, 5.74) is 1.61. The van der Waals surface area contributed by atoms with Gasteiger partial charge in [-0.25, -0.2) is 20.0 Å². The number of nitrogens with zero attached hydrogens (tertiary/aromatic N) is 3. The highest BCUT2D eigenvalue weighted by Crippen LogP contribution is 2.12. The Kier molecular flexibility index (Phi) is 4.84. The second kappa shape index (κ2) is 6.18. The second-order valence-electron chi connectivity index (χ2n) is 4.94. The molecule has 110 valence electrons. The Balaban J connectivity index is 2.95. The molecule has 1 heterocycles. The minimum atomic E-state index is -1.15. The number of ether oxygens (including phenoxy) is 1. The molecule has 0 aliphatic rings. The highest BCUT2D eigenvalue weighted by Gasteiger charge is 2.21. The quantitative estimate of drug-likeness (QED) is 0.813. The van der Waals surface area contributed by atoms with Crippen LogP contribution in [0.3, 0.4) is 0 Å². The molecule has 0 atom stereocenters. The van der Waals surface area contributed by atoms with Crippen LogP contribution >= 0.6 is 0 Å². The van der Waals surface area contributed by atoms with Gasteiger partial charge in [-0.1, -0.05) is 13.0 Å². The molecule has 0 aromatic carbocycles. The summed E-state index contributed by atoms with van der Waals surface area (Å²) in [5.74, 6) is -1.11. The van der Waals surface area contributed by atoms with Crippen molar-refractivity contribution < 1.29 is 19.4 Å². The lowest BCUT2D eigenvalue weighted by molar-refractivity contribution is -0.130. The topological polar surface area (TPSA) is 106 Å². The number of amides is 1. The molecule has 1 rings (SSSR count). The van der Waals surface area contributed by atoms with Crippen LogP contribution in [0.2, 0.25) is 0 Å². The van der Waals surface area contributed by atoms with Gasteiger partial charge in [0.2, 0.25) is 0 Å². The lowest BCUT2D eigenvalue weighted by Gasteiger charge is -2.19. The molecule has 0 saturated carbocycles. The maximum Gasteiger partial charge on any atom is 0.428 e. The summed E-state index contributed by atoms with van der Waals surface area (Å²) < 4.78 is 5.06. The molecule has 0 aliphatic heterocycles. The molecule has 0 spiro atoms. The Hall–Kier alpha value is -2.38. The fraction of sp³-hybridized carbons (Fsp3) is 0.500. The lowest BCUT2D eigenvalue weighted by Crippen LogP contribution is -2.33. The van der Waals surface area contributed by atoms with E-state index in [0.717, 1.165) is 11.1 Å². The monoisotopic (exact) mass is 282 g/mol. The van der Waals surface area contributed by atoms with E-state index in [1.54, 1.807) is 27.7 Å². The number of allylic oxidation sites excluding steroid dienone is 1. The molecule has 8 nitrogen and oxygen atoms in total. The van der Waals surface area contributed by atoms with Gasteiger partial charge in [0.15, 0.2) is 5.82 Å². The summed E-state index contributed by atoms with van der Waals surface area (Å²) in [6.45, 7) is 6.95. The van der Waals surface area contributed by atoms with Crippen LogP contribution in [0.4, 0.5) is 4.79 Å². The van der Waals surface area contributed by atoms with Crippen LogP contribution in [0.5, 0.6) is 0 Å². The predicted molar refractivity (Wildman–Crippen MR) is 71.5 cm³/mol. The van der Waals surface area contributed by atoms with Crippen LogP contribution in [0.1, 0.15) is 39.9 Å². The fourth-order valence-electron chi connectivity index (χ4n) is 1.37. The number of carbonyl (C=O) groups is 2. The maximum absolute atomic E-state index is 11.6. The van der Waals surface area contributed by atoms with Crippen molar-refractivity contribution in [3.63, 3.8) is 0 Å². The van der Waals surface area contributed by atoms with E-state index < -0.39 is 17.7 Å². The molecule has 0 bridgehead atoms. The van der Waals surface area contributed by atoms with E-state index in [2.05, 4.69) is 15.5 Å². The average molecular weight is 282 g/mol. The van der Waals surface area contributed by atoms with Crippen molar-refractivity contribution in [1.82, 2.24) is 14.9 Å². The van der Waals surface area contributed by atoms with Gasteiger partial charge >= 0.3 is 12.1 Å². The van der Waals surface area contributed by atoms with Crippen LogP contribution in [0, 0.1) is 0 Å². The Bertz CT molecular complexity index is 528. The smallest absolute Gasteiger partial charge is 0.428 e. The number of hydrogen-bond acceptors (Lipinski definition) is 5. The standard InChI is InChI=1S/C12H18N4O4/c1-5-6-8(10(17)18)9-13-7-14-16(9)15-11(19)20-12(2,3)4/h6-7H,5H2,1-4H3,(H,15,19)(H,17,18)/b8-6+. The minimum Gasteiger partial charge on any atom is -0.478 e. The van der Waals surface area contributed by atoms with E-state index in [9.17, 15) is 9.59 Å². The molecule has 1 aromatic rings. The van der Waals surface area contributed by atoms with Crippen LogP contribution < -0.4 is 5.43 Å². The largest absolute Gasteiger partial charge is 0.478 e. The summed E-state index contributed by atoms with van der Waals surface area (Å²) in [6, 6.07) is 0. The minimum absolute atomic E-state index is 0.0326. The van der Waals surface area contributed by atoms with Crippen molar-refractivity contribution in [1.29, 1.82) is 0 Å². The van der Waals surface area contributed by atoms with Crippen molar-refractivity contribution in [2.45, 2.75) is 39.7 Å². The Morgan fingerprint density at radius 3 is 2.65 bits per heavy atom. The zero-order valence-corrected chi connectivity index (χ0v) is 11.9. The molecular weight excluding hydrogens is 264 g/mol. The van der Waals surface area contributed by atoms with Crippen molar-refractivity contribution in [2.75, 3.05) is 5.43 Å². The molecule has 0 saturated heterocycles.